The van der Waals surface area contributed by atoms with Crippen molar-refractivity contribution >= 4 is 21.4 Å². The molecule has 0 aliphatic heterocycles. The number of thiophene rings is 1. The van der Waals surface area contributed by atoms with Crippen molar-refractivity contribution < 1.29 is 13.5 Å². The summed E-state index contributed by atoms with van der Waals surface area (Å²) in [6.45, 7) is 7.73. The summed E-state index contributed by atoms with van der Waals surface area (Å²) in [5, 5.41) is 11.0. The number of sulfonamides is 1. The van der Waals surface area contributed by atoms with Crippen molar-refractivity contribution in [1.82, 2.24) is 4.72 Å². The molecule has 2 N–H and O–H groups in total. The Hall–Kier alpha value is -0.430. The number of hydrogen-bond donors (Lipinski definition) is 2. The van der Waals surface area contributed by atoms with Crippen LogP contribution in [0.1, 0.15) is 50.5 Å². The van der Waals surface area contributed by atoms with Gasteiger partial charge in [-0.1, -0.05) is 26.7 Å². The average molecular weight is 319 g/mol. The Balaban J connectivity index is 2.72. The van der Waals surface area contributed by atoms with E-state index in [2.05, 4.69) is 18.6 Å². The molecule has 0 aliphatic carbocycles. The zero-order chi connectivity index (χ0) is 15.3. The van der Waals surface area contributed by atoms with Crippen LogP contribution in [0.15, 0.2) is 10.3 Å². The van der Waals surface area contributed by atoms with Crippen molar-refractivity contribution in [3.8, 4) is 0 Å². The van der Waals surface area contributed by atoms with Crippen molar-refractivity contribution in [1.29, 1.82) is 0 Å². The maximum Gasteiger partial charge on any atom is 0.242 e. The molecule has 0 aromatic carbocycles. The molecule has 0 saturated carbocycles. The Morgan fingerprint density at radius 1 is 1.30 bits per heavy atom. The standard InChI is InChI=1S/C14H25NO3S2/c1-10(2)6-5-7-12(4)15-20(17,18)14-11(3)9-19-13(14)8-16/h9-10,12,15-16H,5-8H2,1-4H3. The van der Waals surface area contributed by atoms with Gasteiger partial charge in [0.05, 0.1) is 11.5 Å². The largest absolute Gasteiger partial charge is 0.391 e. The number of nitrogens with one attached hydrogen (secondary N) is 1. The van der Waals surface area contributed by atoms with Crippen molar-refractivity contribution in [2.24, 2.45) is 5.92 Å². The van der Waals surface area contributed by atoms with Gasteiger partial charge in [0.2, 0.25) is 10.0 Å². The molecule has 0 aliphatic rings. The molecule has 0 fully saturated rings. The lowest BCUT2D eigenvalue weighted by Gasteiger charge is -2.15. The van der Waals surface area contributed by atoms with Gasteiger partial charge < -0.3 is 5.11 Å². The Morgan fingerprint density at radius 3 is 2.50 bits per heavy atom. The molecule has 0 amide bonds. The topological polar surface area (TPSA) is 66.4 Å². The summed E-state index contributed by atoms with van der Waals surface area (Å²) < 4.78 is 27.5. The lowest BCUT2D eigenvalue weighted by atomic mass is 10.0. The molecule has 6 heteroatoms. The summed E-state index contributed by atoms with van der Waals surface area (Å²) >= 11 is 1.28. The minimum absolute atomic E-state index is 0.0930. The summed E-state index contributed by atoms with van der Waals surface area (Å²) in [5.41, 5.74) is 0.695. The van der Waals surface area contributed by atoms with Crippen molar-refractivity contribution in [2.75, 3.05) is 0 Å². The molecule has 1 heterocycles. The first-order valence-electron chi connectivity index (χ1n) is 6.98. The van der Waals surface area contributed by atoms with E-state index in [1.165, 1.54) is 11.3 Å². The van der Waals surface area contributed by atoms with Gasteiger partial charge in [-0.2, -0.15) is 0 Å². The van der Waals surface area contributed by atoms with Crippen molar-refractivity contribution in [3.63, 3.8) is 0 Å². The molecule has 0 radical (unpaired) electrons. The second-order valence-electron chi connectivity index (χ2n) is 5.68. The van der Waals surface area contributed by atoms with Crippen LogP contribution in [0.4, 0.5) is 0 Å². The van der Waals surface area contributed by atoms with Gasteiger partial charge in [-0.15, -0.1) is 11.3 Å². The van der Waals surface area contributed by atoms with Crippen molar-refractivity contribution in [3.05, 3.63) is 15.8 Å². The van der Waals surface area contributed by atoms with Crippen LogP contribution in [0.2, 0.25) is 0 Å². The summed E-state index contributed by atoms with van der Waals surface area (Å²) in [6, 6.07) is -0.0930. The lowest BCUT2D eigenvalue weighted by molar-refractivity contribution is 0.282. The Morgan fingerprint density at radius 2 is 1.95 bits per heavy atom. The van der Waals surface area contributed by atoms with Crippen molar-refractivity contribution in [2.45, 2.75) is 64.5 Å². The highest BCUT2D eigenvalue weighted by Gasteiger charge is 2.24. The summed E-state index contributed by atoms with van der Waals surface area (Å²) in [7, 11) is -3.54. The Bertz CT molecular complexity index is 521. The Kier molecular flexibility index (Phi) is 6.64. The van der Waals surface area contributed by atoms with E-state index in [0.29, 0.717) is 16.4 Å². The van der Waals surface area contributed by atoms with Crippen LogP contribution < -0.4 is 4.72 Å². The van der Waals surface area contributed by atoms with E-state index in [9.17, 15) is 13.5 Å². The number of aliphatic hydroxyl groups is 1. The molecule has 20 heavy (non-hydrogen) atoms. The van der Waals surface area contributed by atoms with Gasteiger partial charge in [-0.25, -0.2) is 13.1 Å². The maximum atomic E-state index is 12.4. The predicted molar refractivity (Wildman–Crippen MR) is 83.5 cm³/mol. The van der Waals surface area contributed by atoms with Gasteiger partial charge in [0.15, 0.2) is 0 Å². The molecule has 1 aromatic rings. The SMILES string of the molecule is Cc1csc(CO)c1S(=O)(=O)NC(C)CCCC(C)C. The van der Waals surface area contributed by atoms with Gasteiger partial charge >= 0.3 is 0 Å². The molecule has 0 spiro atoms. The average Bonchev–Trinajstić information content (AvgIpc) is 2.69. The van der Waals surface area contributed by atoms with E-state index >= 15 is 0 Å². The number of hydrogen-bond acceptors (Lipinski definition) is 4. The van der Waals surface area contributed by atoms with E-state index in [-0.39, 0.29) is 17.5 Å². The fourth-order valence-electron chi connectivity index (χ4n) is 2.17. The van der Waals surface area contributed by atoms with Crippen LogP contribution in [0, 0.1) is 12.8 Å². The van der Waals surface area contributed by atoms with Crippen LogP contribution >= 0.6 is 11.3 Å². The van der Waals surface area contributed by atoms with Crippen LogP contribution in [-0.4, -0.2) is 19.6 Å². The first-order valence-corrected chi connectivity index (χ1v) is 9.34. The minimum atomic E-state index is -3.54. The summed E-state index contributed by atoms with van der Waals surface area (Å²) in [5.74, 6) is 0.638. The molecule has 4 nitrogen and oxygen atoms in total. The number of aryl methyl sites for hydroxylation is 1. The first kappa shape index (κ1) is 17.6. The third-order valence-electron chi connectivity index (χ3n) is 3.18. The molecule has 1 atom stereocenters. The summed E-state index contributed by atoms with van der Waals surface area (Å²) in [4.78, 5) is 0.755. The van der Waals surface area contributed by atoms with E-state index < -0.39 is 10.0 Å². The molecular weight excluding hydrogens is 294 g/mol. The molecule has 1 aromatic heterocycles. The van der Waals surface area contributed by atoms with Gasteiger partial charge in [-0.3, -0.25) is 0 Å². The van der Waals surface area contributed by atoms with Crippen LogP contribution in [0.25, 0.3) is 0 Å². The normalized spacial score (nSPS) is 13.9. The fourth-order valence-corrected chi connectivity index (χ4v) is 5.11. The zero-order valence-corrected chi connectivity index (χ0v) is 14.3. The zero-order valence-electron chi connectivity index (χ0n) is 12.6. The minimum Gasteiger partial charge on any atom is -0.391 e. The lowest BCUT2D eigenvalue weighted by Crippen LogP contribution is -2.33. The highest BCUT2D eigenvalue weighted by atomic mass is 32.2. The molecule has 1 unspecified atom stereocenters. The van der Waals surface area contributed by atoms with Crippen LogP contribution in [0.3, 0.4) is 0 Å². The van der Waals surface area contributed by atoms with Crippen LogP contribution in [-0.2, 0) is 16.6 Å². The third-order valence-corrected chi connectivity index (χ3v) is 6.21. The predicted octanol–water partition coefficient (Wildman–Crippen LogP) is 3.04. The molecule has 0 bridgehead atoms. The Labute approximate surface area is 126 Å². The third kappa shape index (κ3) is 4.84. The quantitative estimate of drug-likeness (QED) is 0.774. The van der Waals surface area contributed by atoms with Crippen LogP contribution in [0.5, 0.6) is 0 Å². The second kappa shape index (κ2) is 7.54. The highest BCUT2D eigenvalue weighted by Crippen LogP contribution is 2.27. The molecule has 0 saturated heterocycles. The first-order chi connectivity index (χ1) is 9.27. The van der Waals surface area contributed by atoms with E-state index in [0.717, 1.165) is 19.3 Å². The van der Waals surface area contributed by atoms with E-state index in [1.807, 2.05) is 6.92 Å². The van der Waals surface area contributed by atoms with Gasteiger partial charge in [0, 0.05) is 6.04 Å². The molecular formula is C14H25NO3S2. The number of aliphatic hydroxyl groups excluding tert-OH is 1. The molecule has 1 rings (SSSR count). The van der Waals surface area contributed by atoms with E-state index in [1.54, 1.807) is 12.3 Å². The number of rotatable bonds is 8. The second-order valence-corrected chi connectivity index (χ2v) is 8.29. The maximum absolute atomic E-state index is 12.4. The van der Waals surface area contributed by atoms with Gasteiger partial charge in [0.1, 0.15) is 4.90 Å². The highest BCUT2D eigenvalue weighted by molar-refractivity contribution is 7.89. The van der Waals surface area contributed by atoms with Gasteiger partial charge in [-0.05, 0) is 37.1 Å². The van der Waals surface area contributed by atoms with Gasteiger partial charge in [0.25, 0.3) is 0 Å². The monoisotopic (exact) mass is 319 g/mol. The fraction of sp³-hybridized carbons (Fsp3) is 0.714. The summed E-state index contributed by atoms with van der Waals surface area (Å²) in [6.07, 6.45) is 2.94. The smallest absolute Gasteiger partial charge is 0.242 e. The van der Waals surface area contributed by atoms with E-state index in [4.69, 9.17) is 0 Å². The molecule has 116 valence electrons.